The lowest BCUT2D eigenvalue weighted by atomic mass is 10.1. The fraction of sp³-hybridized carbons (Fsp3) is 0.667. The quantitative estimate of drug-likeness (QED) is 0.867. The van der Waals surface area contributed by atoms with Crippen LogP contribution in [0.15, 0.2) is 6.07 Å². The summed E-state index contributed by atoms with van der Waals surface area (Å²) in [7, 11) is -3.17. The number of rotatable bonds is 3. The van der Waals surface area contributed by atoms with Gasteiger partial charge >= 0.3 is 0 Å². The van der Waals surface area contributed by atoms with E-state index in [0.29, 0.717) is 31.9 Å². The largest absolute Gasteiger partial charge is 0.335 e. The number of aromatic amines is 1. The Bertz CT molecular complexity index is 586. The number of aromatic nitrogens is 2. The molecular weight excluding hydrogens is 280 g/mol. The third kappa shape index (κ3) is 3.18. The summed E-state index contributed by atoms with van der Waals surface area (Å²) in [5.41, 5.74) is 1.31. The Morgan fingerprint density at radius 2 is 1.90 bits per heavy atom. The van der Waals surface area contributed by atoms with E-state index in [9.17, 15) is 13.2 Å². The summed E-state index contributed by atoms with van der Waals surface area (Å²) in [6.07, 6.45) is 1.19. The maximum Gasteiger partial charge on any atom is 0.274 e. The Morgan fingerprint density at radius 1 is 1.30 bits per heavy atom. The molecule has 0 aromatic carbocycles. The van der Waals surface area contributed by atoms with E-state index >= 15 is 0 Å². The van der Waals surface area contributed by atoms with Crippen molar-refractivity contribution in [3.63, 3.8) is 0 Å². The summed E-state index contributed by atoms with van der Waals surface area (Å²) in [5, 5.41) is 6.89. The summed E-state index contributed by atoms with van der Waals surface area (Å²) in [6.45, 7) is 5.52. The van der Waals surface area contributed by atoms with Crippen LogP contribution < -0.4 is 0 Å². The van der Waals surface area contributed by atoms with E-state index in [4.69, 9.17) is 0 Å². The van der Waals surface area contributed by atoms with Gasteiger partial charge in [-0.2, -0.15) is 9.40 Å². The fourth-order valence-electron chi connectivity index (χ4n) is 2.13. The monoisotopic (exact) mass is 300 g/mol. The van der Waals surface area contributed by atoms with Gasteiger partial charge in [-0.25, -0.2) is 8.42 Å². The molecule has 112 valence electrons. The first-order valence-electron chi connectivity index (χ1n) is 6.58. The number of piperazine rings is 1. The van der Waals surface area contributed by atoms with Gasteiger partial charge in [0.05, 0.1) is 6.26 Å². The van der Waals surface area contributed by atoms with Gasteiger partial charge in [-0.1, -0.05) is 13.8 Å². The molecule has 1 aromatic rings. The average Bonchev–Trinajstić information content (AvgIpc) is 2.86. The Labute approximate surface area is 119 Å². The van der Waals surface area contributed by atoms with Crippen LogP contribution in [0.2, 0.25) is 0 Å². The molecular formula is C12H20N4O3S. The van der Waals surface area contributed by atoms with Crippen LogP contribution in [0.1, 0.15) is 35.9 Å². The number of amides is 1. The second-order valence-corrected chi connectivity index (χ2v) is 7.30. The van der Waals surface area contributed by atoms with Crippen molar-refractivity contribution in [3.8, 4) is 0 Å². The zero-order valence-electron chi connectivity index (χ0n) is 12.0. The topological polar surface area (TPSA) is 86.4 Å². The van der Waals surface area contributed by atoms with E-state index in [1.54, 1.807) is 11.0 Å². The molecule has 0 unspecified atom stereocenters. The molecule has 8 heteroatoms. The molecule has 1 aliphatic rings. The van der Waals surface area contributed by atoms with Crippen LogP contribution in [-0.4, -0.2) is 66.2 Å². The maximum absolute atomic E-state index is 12.3. The van der Waals surface area contributed by atoms with Crippen LogP contribution in [0.25, 0.3) is 0 Å². The van der Waals surface area contributed by atoms with E-state index in [1.807, 2.05) is 13.8 Å². The molecule has 0 saturated carbocycles. The number of sulfonamides is 1. The first-order chi connectivity index (χ1) is 9.29. The second kappa shape index (κ2) is 5.53. The van der Waals surface area contributed by atoms with Crippen molar-refractivity contribution in [2.45, 2.75) is 19.8 Å². The summed E-state index contributed by atoms with van der Waals surface area (Å²) < 4.78 is 24.2. The van der Waals surface area contributed by atoms with Crippen molar-refractivity contribution in [2.75, 3.05) is 32.4 Å². The van der Waals surface area contributed by atoms with Gasteiger partial charge in [0, 0.05) is 31.9 Å². The van der Waals surface area contributed by atoms with Gasteiger partial charge in [-0.15, -0.1) is 0 Å². The van der Waals surface area contributed by atoms with Crippen LogP contribution in [0.3, 0.4) is 0 Å². The molecule has 1 amide bonds. The van der Waals surface area contributed by atoms with E-state index in [2.05, 4.69) is 10.2 Å². The molecule has 2 rings (SSSR count). The van der Waals surface area contributed by atoms with Crippen LogP contribution in [0.4, 0.5) is 0 Å². The maximum atomic E-state index is 12.3. The summed E-state index contributed by atoms with van der Waals surface area (Å²) >= 11 is 0. The van der Waals surface area contributed by atoms with Crippen LogP contribution >= 0.6 is 0 Å². The number of hydrogen-bond donors (Lipinski definition) is 1. The third-order valence-electron chi connectivity index (χ3n) is 3.43. The van der Waals surface area contributed by atoms with Gasteiger partial charge in [-0.3, -0.25) is 9.89 Å². The molecule has 1 saturated heterocycles. The molecule has 0 atom stereocenters. The highest BCUT2D eigenvalue weighted by Crippen LogP contribution is 2.14. The molecule has 1 aliphatic heterocycles. The predicted octanol–water partition coefficient (Wildman–Crippen LogP) is 0.251. The van der Waals surface area contributed by atoms with E-state index in [-0.39, 0.29) is 11.8 Å². The molecule has 7 nitrogen and oxygen atoms in total. The Kier molecular flexibility index (Phi) is 4.14. The van der Waals surface area contributed by atoms with Gasteiger partial charge in [-0.05, 0) is 12.0 Å². The van der Waals surface area contributed by atoms with Gasteiger partial charge in [0.2, 0.25) is 10.0 Å². The molecule has 0 spiro atoms. The molecule has 0 radical (unpaired) electrons. The minimum Gasteiger partial charge on any atom is -0.335 e. The van der Waals surface area contributed by atoms with E-state index in [0.717, 1.165) is 5.69 Å². The minimum absolute atomic E-state index is 0.152. The molecule has 0 aliphatic carbocycles. The van der Waals surface area contributed by atoms with Crippen LogP contribution in [-0.2, 0) is 10.0 Å². The van der Waals surface area contributed by atoms with Crippen LogP contribution in [0, 0.1) is 0 Å². The van der Waals surface area contributed by atoms with Crippen molar-refractivity contribution >= 4 is 15.9 Å². The second-order valence-electron chi connectivity index (χ2n) is 5.32. The zero-order chi connectivity index (χ0) is 14.9. The Morgan fingerprint density at radius 3 is 2.35 bits per heavy atom. The standard InChI is InChI=1S/C12H20N4O3S/c1-9(2)10-8-11(14-13-10)12(17)15-4-6-16(7-5-15)20(3,18)19/h8-9H,4-7H2,1-3H3,(H,13,14). The molecule has 1 N–H and O–H groups in total. The number of nitrogens with zero attached hydrogens (tertiary/aromatic N) is 3. The summed E-state index contributed by atoms with van der Waals surface area (Å²) in [4.78, 5) is 13.9. The molecule has 2 heterocycles. The Hall–Kier alpha value is -1.41. The fourth-order valence-corrected chi connectivity index (χ4v) is 2.95. The molecule has 1 fully saturated rings. The van der Waals surface area contributed by atoms with Crippen molar-refractivity contribution in [2.24, 2.45) is 0 Å². The van der Waals surface area contributed by atoms with Crippen molar-refractivity contribution < 1.29 is 13.2 Å². The highest BCUT2D eigenvalue weighted by atomic mass is 32.2. The molecule has 0 bridgehead atoms. The van der Waals surface area contributed by atoms with Crippen molar-refractivity contribution in [3.05, 3.63) is 17.5 Å². The van der Waals surface area contributed by atoms with Gasteiger partial charge in [0.1, 0.15) is 5.69 Å². The number of hydrogen-bond acceptors (Lipinski definition) is 4. The summed E-state index contributed by atoms with van der Waals surface area (Å²) in [5.74, 6) is 0.132. The smallest absolute Gasteiger partial charge is 0.274 e. The minimum atomic E-state index is -3.17. The number of nitrogens with one attached hydrogen (secondary N) is 1. The first kappa shape index (κ1) is 15.0. The van der Waals surface area contributed by atoms with Crippen molar-refractivity contribution in [1.82, 2.24) is 19.4 Å². The average molecular weight is 300 g/mol. The van der Waals surface area contributed by atoms with Gasteiger partial charge in [0.25, 0.3) is 5.91 Å². The lowest BCUT2D eigenvalue weighted by Gasteiger charge is -2.32. The van der Waals surface area contributed by atoms with Gasteiger partial charge < -0.3 is 4.90 Å². The predicted molar refractivity (Wildman–Crippen MR) is 75.0 cm³/mol. The highest BCUT2D eigenvalue weighted by molar-refractivity contribution is 7.88. The van der Waals surface area contributed by atoms with Gasteiger partial charge in [0.15, 0.2) is 0 Å². The normalized spacial score (nSPS) is 17.7. The highest BCUT2D eigenvalue weighted by Gasteiger charge is 2.27. The molecule has 20 heavy (non-hydrogen) atoms. The van der Waals surface area contributed by atoms with E-state index < -0.39 is 10.0 Å². The Balaban J connectivity index is 2.01. The lowest BCUT2D eigenvalue weighted by Crippen LogP contribution is -2.50. The number of carbonyl (C=O) groups excluding carboxylic acids is 1. The molecule has 1 aromatic heterocycles. The van der Waals surface area contributed by atoms with Crippen LogP contribution in [0.5, 0.6) is 0 Å². The summed E-state index contributed by atoms with van der Waals surface area (Å²) in [6, 6.07) is 1.76. The number of H-pyrrole nitrogens is 1. The zero-order valence-corrected chi connectivity index (χ0v) is 12.8. The van der Waals surface area contributed by atoms with Crippen molar-refractivity contribution in [1.29, 1.82) is 0 Å². The lowest BCUT2D eigenvalue weighted by molar-refractivity contribution is 0.0692. The SMILES string of the molecule is CC(C)c1cc(C(=O)N2CCN(S(C)(=O)=O)CC2)n[nH]1. The van der Waals surface area contributed by atoms with E-state index in [1.165, 1.54) is 10.6 Å². The number of carbonyl (C=O) groups is 1. The first-order valence-corrected chi connectivity index (χ1v) is 8.43. The third-order valence-corrected chi connectivity index (χ3v) is 4.74.